The van der Waals surface area contributed by atoms with Crippen molar-refractivity contribution in [2.24, 2.45) is 5.92 Å². The Morgan fingerprint density at radius 1 is 1.38 bits per heavy atom. The van der Waals surface area contributed by atoms with Crippen molar-refractivity contribution in [1.29, 1.82) is 0 Å². The molecule has 3 heterocycles. The number of fused-ring (bicyclic) bond motifs is 4. The zero-order valence-electron chi connectivity index (χ0n) is 14.2. The van der Waals surface area contributed by atoms with Crippen molar-refractivity contribution < 1.29 is 19.0 Å². The maximum absolute atomic E-state index is 14.0. The monoisotopic (exact) mass is 338 g/mol. The van der Waals surface area contributed by atoms with Crippen LogP contribution in [0.15, 0.2) is 10.9 Å². The molecule has 0 radical (unpaired) electrons. The number of pyridine rings is 1. The van der Waals surface area contributed by atoms with Gasteiger partial charge in [0, 0.05) is 36.8 Å². The Bertz CT molecular complexity index is 723. The predicted molar refractivity (Wildman–Crippen MR) is 85.2 cm³/mol. The lowest BCUT2D eigenvalue weighted by molar-refractivity contribution is 0.0101. The van der Waals surface area contributed by atoms with Crippen LogP contribution in [0.5, 0.6) is 0 Å². The normalized spacial score (nSPS) is 23.0. The highest BCUT2D eigenvalue weighted by atomic mass is 19.1. The van der Waals surface area contributed by atoms with Crippen molar-refractivity contribution in [2.45, 2.75) is 51.9 Å². The topological polar surface area (TPSA) is 71.8 Å². The van der Waals surface area contributed by atoms with E-state index in [2.05, 4.69) is 0 Å². The van der Waals surface area contributed by atoms with E-state index < -0.39 is 23.6 Å². The second-order valence-corrected chi connectivity index (χ2v) is 7.67. The molecule has 7 heteroatoms. The van der Waals surface area contributed by atoms with Gasteiger partial charge in [-0.15, -0.1) is 0 Å². The average Bonchev–Trinajstić information content (AvgIpc) is 2.49. The Morgan fingerprint density at radius 2 is 2.08 bits per heavy atom. The molecule has 2 aliphatic heterocycles. The van der Waals surface area contributed by atoms with E-state index in [9.17, 15) is 19.1 Å². The third-order valence-electron chi connectivity index (χ3n) is 4.57. The van der Waals surface area contributed by atoms with Crippen molar-refractivity contribution in [3.63, 3.8) is 0 Å². The number of aliphatic hydroxyl groups is 1. The summed E-state index contributed by atoms with van der Waals surface area (Å²) in [6, 6.07) is 1.55. The summed E-state index contributed by atoms with van der Waals surface area (Å²) in [5, 5.41) is 9.26. The fourth-order valence-corrected chi connectivity index (χ4v) is 3.62. The number of ether oxygens (including phenoxy) is 1. The van der Waals surface area contributed by atoms with Crippen LogP contribution in [0, 0.1) is 11.7 Å². The van der Waals surface area contributed by atoms with Gasteiger partial charge in [0.2, 0.25) is 0 Å². The molecule has 0 spiro atoms. The number of hydrogen-bond donors (Lipinski definition) is 1. The quantitative estimate of drug-likeness (QED) is 0.848. The summed E-state index contributed by atoms with van der Waals surface area (Å²) in [6.45, 7) is 6.26. The number of aromatic nitrogens is 1. The number of likely N-dealkylation sites (tertiary alicyclic amines) is 1. The first kappa shape index (κ1) is 17.0. The molecule has 2 bridgehead atoms. The maximum Gasteiger partial charge on any atom is 0.410 e. The highest BCUT2D eigenvalue weighted by Crippen LogP contribution is 2.36. The van der Waals surface area contributed by atoms with Gasteiger partial charge in [0.1, 0.15) is 5.60 Å². The van der Waals surface area contributed by atoms with Crippen LogP contribution in [-0.2, 0) is 17.9 Å². The molecule has 1 saturated heterocycles. The molecule has 0 saturated carbocycles. The van der Waals surface area contributed by atoms with E-state index in [-0.39, 0.29) is 23.5 Å². The van der Waals surface area contributed by atoms with E-state index in [0.29, 0.717) is 25.3 Å². The number of halogens is 1. The molecule has 0 aliphatic carbocycles. The van der Waals surface area contributed by atoms with E-state index >= 15 is 0 Å². The van der Waals surface area contributed by atoms with Gasteiger partial charge in [0.05, 0.1) is 6.61 Å². The molecule has 1 fully saturated rings. The Kier molecular flexibility index (Phi) is 4.15. The molecule has 1 N–H and O–H groups in total. The molecule has 2 unspecified atom stereocenters. The summed E-state index contributed by atoms with van der Waals surface area (Å²) in [4.78, 5) is 26.2. The number of piperidine rings is 1. The third-order valence-corrected chi connectivity index (χ3v) is 4.57. The number of aliphatic hydroxyl groups excluding tert-OH is 1. The second-order valence-electron chi connectivity index (χ2n) is 7.67. The number of hydrogen-bond acceptors (Lipinski definition) is 4. The van der Waals surface area contributed by atoms with E-state index in [1.165, 1.54) is 4.57 Å². The lowest BCUT2D eigenvalue weighted by Crippen LogP contribution is -2.50. The second kappa shape index (κ2) is 5.88. The summed E-state index contributed by atoms with van der Waals surface area (Å²) in [7, 11) is 0. The lowest BCUT2D eigenvalue weighted by atomic mass is 9.83. The van der Waals surface area contributed by atoms with Gasteiger partial charge in [-0.2, -0.15) is 0 Å². The van der Waals surface area contributed by atoms with Crippen LogP contribution in [0.1, 0.15) is 44.4 Å². The Hall–Kier alpha value is -1.89. The van der Waals surface area contributed by atoms with E-state index in [1.807, 2.05) is 20.8 Å². The van der Waals surface area contributed by atoms with Crippen molar-refractivity contribution >= 4 is 6.09 Å². The fourth-order valence-electron chi connectivity index (χ4n) is 3.62. The molecule has 132 valence electrons. The van der Waals surface area contributed by atoms with Crippen LogP contribution < -0.4 is 5.56 Å². The minimum atomic E-state index is -0.884. The van der Waals surface area contributed by atoms with Crippen LogP contribution in [0.4, 0.5) is 9.18 Å². The number of carbonyl (C=O) groups excluding carboxylic acids is 1. The molecule has 0 aromatic carbocycles. The van der Waals surface area contributed by atoms with Crippen LogP contribution in [-0.4, -0.2) is 39.4 Å². The van der Waals surface area contributed by atoms with Crippen molar-refractivity contribution in [3.8, 4) is 0 Å². The third kappa shape index (κ3) is 3.05. The average molecular weight is 338 g/mol. The van der Waals surface area contributed by atoms with Gasteiger partial charge in [-0.25, -0.2) is 9.18 Å². The van der Waals surface area contributed by atoms with E-state index in [1.54, 1.807) is 11.0 Å². The zero-order valence-corrected chi connectivity index (χ0v) is 14.2. The van der Waals surface area contributed by atoms with Crippen molar-refractivity contribution in [1.82, 2.24) is 9.47 Å². The molecule has 24 heavy (non-hydrogen) atoms. The van der Waals surface area contributed by atoms with Crippen molar-refractivity contribution in [2.75, 3.05) is 13.1 Å². The first-order chi connectivity index (χ1) is 11.2. The summed E-state index contributed by atoms with van der Waals surface area (Å²) in [5.41, 5.74) is -0.544. The molecule has 1 aromatic rings. The summed E-state index contributed by atoms with van der Waals surface area (Å²) >= 11 is 0. The van der Waals surface area contributed by atoms with Crippen LogP contribution in [0.25, 0.3) is 0 Å². The smallest absolute Gasteiger partial charge is 0.410 e. The van der Waals surface area contributed by atoms with Gasteiger partial charge in [-0.3, -0.25) is 4.79 Å². The predicted octanol–water partition coefficient (Wildman–Crippen LogP) is 1.83. The molecule has 6 nitrogen and oxygen atoms in total. The zero-order chi connectivity index (χ0) is 17.6. The Balaban J connectivity index is 1.90. The molecule has 2 aliphatic rings. The number of amides is 1. The number of rotatable bonds is 1. The molecule has 3 rings (SSSR count). The Morgan fingerprint density at radius 3 is 2.71 bits per heavy atom. The summed E-state index contributed by atoms with van der Waals surface area (Å²) < 4.78 is 20.9. The maximum atomic E-state index is 14.0. The molecule has 2 atom stereocenters. The van der Waals surface area contributed by atoms with Crippen LogP contribution in [0.2, 0.25) is 0 Å². The summed E-state index contributed by atoms with van der Waals surface area (Å²) in [6.07, 6.45) is 0.479. The van der Waals surface area contributed by atoms with Crippen LogP contribution >= 0.6 is 0 Å². The van der Waals surface area contributed by atoms with Gasteiger partial charge in [-0.1, -0.05) is 0 Å². The Labute approximate surface area is 139 Å². The van der Waals surface area contributed by atoms with Gasteiger partial charge in [0.15, 0.2) is 5.82 Å². The first-order valence-corrected chi connectivity index (χ1v) is 8.20. The minimum Gasteiger partial charge on any atom is -0.444 e. The van der Waals surface area contributed by atoms with E-state index in [0.717, 1.165) is 6.42 Å². The molecular formula is C17H23FN2O4. The minimum absolute atomic E-state index is 0.0130. The van der Waals surface area contributed by atoms with Crippen molar-refractivity contribution in [3.05, 3.63) is 33.5 Å². The first-order valence-electron chi connectivity index (χ1n) is 8.20. The molecule has 1 aromatic heterocycles. The molecular weight excluding hydrogens is 315 g/mol. The van der Waals surface area contributed by atoms with Crippen LogP contribution in [0.3, 0.4) is 0 Å². The lowest BCUT2D eigenvalue weighted by Gasteiger charge is -2.43. The van der Waals surface area contributed by atoms with Gasteiger partial charge in [-0.05, 0) is 39.2 Å². The van der Waals surface area contributed by atoms with Gasteiger partial charge < -0.3 is 19.3 Å². The highest BCUT2D eigenvalue weighted by Gasteiger charge is 2.38. The standard InChI is InChI=1S/C17H23FN2O4/c1-17(2,3)24-16(23)19-6-10-4-11(8-19)13-5-12(9-21)14(18)15(22)20(13)7-10/h5,10-11,21H,4,6-9H2,1-3H3. The van der Waals surface area contributed by atoms with Gasteiger partial charge >= 0.3 is 6.09 Å². The van der Waals surface area contributed by atoms with E-state index in [4.69, 9.17) is 4.74 Å². The van der Waals surface area contributed by atoms with Gasteiger partial charge in [0.25, 0.3) is 5.56 Å². The highest BCUT2D eigenvalue weighted by molar-refractivity contribution is 5.68. The largest absolute Gasteiger partial charge is 0.444 e. The summed E-state index contributed by atoms with van der Waals surface area (Å²) in [5.74, 6) is -0.838. The molecule has 1 amide bonds. The SMILES string of the molecule is CC(C)(C)OC(=O)N1CC2CC(C1)c1cc(CO)c(F)c(=O)n1C2. The number of carbonyl (C=O) groups is 1. The fraction of sp³-hybridized carbons (Fsp3) is 0.647. The number of nitrogens with zero attached hydrogens (tertiary/aromatic N) is 2.